The maximum absolute atomic E-state index is 4.46. The SMILES string of the molecule is CC(C)c1nnc2n1N1C(=CSC1c1c3ccccc3cc3ccccc13)S2. The molecule has 0 fully saturated rings. The second kappa shape index (κ2) is 6.03. The van der Waals surface area contributed by atoms with Crippen LogP contribution >= 0.6 is 23.5 Å². The number of hydrogen-bond acceptors (Lipinski definition) is 5. The molecular formula is C22H18N4S2. The maximum Gasteiger partial charge on any atom is 0.216 e. The summed E-state index contributed by atoms with van der Waals surface area (Å²) < 4.78 is 2.22. The topological polar surface area (TPSA) is 34.0 Å². The molecule has 4 nitrogen and oxygen atoms in total. The molecule has 0 saturated carbocycles. The molecule has 0 bridgehead atoms. The molecule has 0 N–H and O–H groups in total. The van der Waals surface area contributed by atoms with Crippen LogP contribution in [-0.2, 0) is 0 Å². The third-order valence-electron chi connectivity index (χ3n) is 5.37. The van der Waals surface area contributed by atoms with Gasteiger partial charge in [-0.2, -0.15) is 0 Å². The van der Waals surface area contributed by atoms with Crippen molar-refractivity contribution in [2.24, 2.45) is 0 Å². The molecule has 2 aliphatic heterocycles. The van der Waals surface area contributed by atoms with Crippen molar-refractivity contribution in [1.82, 2.24) is 14.9 Å². The fraction of sp³-hybridized carbons (Fsp3) is 0.182. The number of benzene rings is 3. The van der Waals surface area contributed by atoms with E-state index in [-0.39, 0.29) is 5.37 Å². The zero-order chi connectivity index (χ0) is 18.8. The van der Waals surface area contributed by atoms with Crippen molar-refractivity contribution in [3.8, 4) is 0 Å². The van der Waals surface area contributed by atoms with Crippen LogP contribution < -0.4 is 5.01 Å². The molecule has 6 heteroatoms. The van der Waals surface area contributed by atoms with Gasteiger partial charge in [0.2, 0.25) is 5.16 Å². The minimum Gasteiger partial charge on any atom is -0.252 e. The molecule has 28 heavy (non-hydrogen) atoms. The lowest BCUT2D eigenvalue weighted by atomic mass is 9.96. The Morgan fingerprint density at radius 2 is 1.61 bits per heavy atom. The van der Waals surface area contributed by atoms with Crippen molar-refractivity contribution in [2.75, 3.05) is 5.01 Å². The summed E-state index contributed by atoms with van der Waals surface area (Å²) in [6.07, 6.45) is 0. The van der Waals surface area contributed by atoms with Crippen LogP contribution in [-0.4, -0.2) is 14.9 Å². The van der Waals surface area contributed by atoms with Crippen LogP contribution in [0.1, 0.15) is 36.5 Å². The highest BCUT2D eigenvalue weighted by Crippen LogP contribution is 2.53. The van der Waals surface area contributed by atoms with Gasteiger partial charge in [0.1, 0.15) is 10.4 Å². The quantitative estimate of drug-likeness (QED) is 0.384. The molecule has 4 aromatic rings. The number of hydrogen-bond donors (Lipinski definition) is 0. The van der Waals surface area contributed by atoms with E-state index in [0.717, 1.165) is 11.0 Å². The molecular weight excluding hydrogens is 384 g/mol. The Hall–Kier alpha value is -2.44. The summed E-state index contributed by atoms with van der Waals surface area (Å²) in [5.41, 5.74) is 1.36. The summed E-state index contributed by atoms with van der Waals surface area (Å²) in [6.45, 7) is 4.35. The highest BCUT2D eigenvalue weighted by atomic mass is 32.2. The molecule has 3 aromatic carbocycles. The van der Waals surface area contributed by atoms with Gasteiger partial charge in [-0.3, -0.25) is 5.01 Å². The van der Waals surface area contributed by atoms with E-state index in [4.69, 9.17) is 0 Å². The number of aromatic nitrogens is 3. The van der Waals surface area contributed by atoms with Crippen molar-refractivity contribution < 1.29 is 0 Å². The van der Waals surface area contributed by atoms with E-state index in [9.17, 15) is 0 Å². The first-order chi connectivity index (χ1) is 13.7. The molecule has 3 heterocycles. The van der Waals surface area contributed by atoms with Gasteiger partial charge in [-0.15, -0.1) is 10.2 Å². The summed E-state index contributed by atoms with van der Waals surface area (Å²) in [7, 11) is 0. The first-order valence-corrected chi connectivity index (χ1v) is 11.2. The molecule has 0 aliphatic carbocycles. The van der Waals surface area contributed by atoms with Crippen LogP contribution in [0.2, 0.25) is 0 Å². The van der Waals surface area contributed by atoms with Gasteiger partial charge in [-0.25, -0.2) is 4.68 Å². The van der Waals surface area contributed by atoms with Crippen molar-refractivity contribution >= 4 is 45.1 Å². The van der Waals surface area contributed by atoms with Gasteiger partial charge in [0, 0.05) is 16.9 Å². The molecule has 0 spiro atoms. The van der Waals surface area contributed by atoms with E-state index in [2.05, 4.69) is 93.7 Å². The standard InChI is InChI=1S/C22H18N4S2/c1-13(2)20-23-24-22-26(20)25-18(28-22)12-27-21(25)19-16-9-5-3-7-14(16)11-15-8-4-6-10-17(15)19/h3-13,21H,1-2H3. The second-order valence-electron chi connectivity index (χ2n) is 7.43. The first-order valence-electron chi connectivity index (χ1n) is 9.41. The van der Waals surface area contributed by atoms with Gasteiger partial charge in [0.05, 0.1) is 0 Å². The van der Waals surface area contributed by atoms with E-state index in [1.165, 1.54) is 32.1 Å². The average molecular weight is 403 g/mol. The number of rotatable bonds is 2. The third kappa shape index (κ3) is 2.22. The van der Waals surface area contributed by atoms with Gasteiger partial charge in [0.25, 0.3) is 0 Å². The van der Waals surface area contributed by atoms with Crippen molar-refractivity contribution in [2.45, 2.75) is 30.3 Å². The Kier molecular flexibility index (Phi) is 3.55. The number of thioether (sulfide) groups is 2. The van der Waals surface area contributed by atoms with Crippen LogP contribution in [0.15, 0.2) is 70.2 Å². The molecule has 0 amide bonds. The highest BCUT2D eigenvalue weighted by molar-refractivity contribution is 8.07. The lowest BCUT2D eigenvalue weighted by Gasteiger charge is -2.28. The predicted molar refractivity (Wildman–Crippen MR) is 118 cm³/mol. The Balaban J connectivity index is 1.63. The predicted octanol–water partition coefficient (Wildman–Crippen LogP) is 6.00. The second-order valence-corrected chi connectivity index (χ2v) is 9.37. The van der Waals surface area contributed by atoms with E-state index in [0.29, 0.717) is 5.92 Å². The Bertz CT molecular complexity index is 1220. The van der Waals surface area contributed by atoms with Crippen molar-refractivity contribution in [1.29, 1.82) is 0 Å². The monoisotopic (exact) mass is 402 g/mol. The van der Waals surface area contributed by atoms with E-state index in [1.807, 2.05) is 11.8 Å². The Morgan fingerprint density at radius 1 is 0.929 bits per heavy atom. The zero-order valence-corrected chi connectivity index (χ0v) is 17.2. The Labute approximate surface area is 171 Å². The summed E-state index contributed by atoms with van der Waals surface area (Å²) in [6, 6.07) is 19.7. The van der Waals surface area contributed by atoms with Gasteiger partial charge < -0.3 is 0 Å². The minimum atomic E-state index is 0.160. The van der Waals surface area contributed by atoms with Crippen LogP contribution in [0.3, 0.4) is 0 Å². The van der Waals surface area contributed by atoms with Crippen LogP contribution in [0.4, 0.5) is 0 Å². The third-order valence-corrected chi connectivity index (χ3v) is 7.52. The summed E-state index contributed by atoms with van der Waals surface area (Å²) in [5.74, 6) is 1.33. The molecule has 6 rings (SSSR count). The van der Waals surface area contributed by atoms with Crippen LogP contribution in [0.25, 0.3) is 21.5 Å². The number of fused-ring (bicyclic) bond motifs is 5. The first kappa shape index (κ1) is 16.5. The van der Waals surface area contributed by atoms with Crippen molar-refractivity contribution in [3.05, 3.63) is 76.4 Å². The fourth-order valence-corrected chi connectivity index (χ4v) is 6.44. The van der Waals surface area contributed by atoms with Gasteiger partial charge >= 0.3 is 0 Å². The van der Waals surface area contributed by atoms with E-state index in [1.54, 1.807) is 11.8 Å². The highest BCUT2D eigenvalue weighted by Gasteiger charge is 2.41. The average Bonchev–Trinajstić information content (AvgIpc) is 3.37. The smallest absolute Gasteiger partial charge is 0.216 e. The summed E-state index contributed by atoms with van der Waals surface area (Å²) in [4.78, 5) is 0. The van der Waals surface area contributed by atoms with Crippen molar-refractivity contribution in [3.63, 3.8) is 0 Å². The summed E-state index contributed by atoms with van der Waals surface area (Å²) >= 11 is 3.58. The van der Waals surface area contributed by atoms with Crippen LogP contribution in [0, 0.1) is 0 Å². The fourth-order valence-electron chi connectivity index (χ4n) is 4.13. The molecule has 1 aromatic heterocycles. The number of nitrogens with zero attached hydrogens (tertiary/aromatic N) is 4. The molecule has 0 saturated heterocycles. The van der Waals surface area contributed by atoms with E-state index >= 15 is 0 Å². The van der Waals surface area contributed by atoms with Gasteiger partial charge in [0.15, 0.2) is 5.82 Å². The van der Waals surface area contributed by atoms with Gasteiger partial charge in [-0.05, 0) is 39.4 Å². The Morgan fingerprint density at radius 3 is 2.29 bits per heavy atom. The van der Waals surface area contributed by atoms with E-state index < -0.39 is 0 Å². The maximum atomic E-state index is 4.46. The van der Waals surface area contributed by atoms with Gasteiger partial charge in [-0.1, -0.05) is 74.1 Å². The molecule has 1 atom stereocenters. The summed E-state index contributed by atoms with van der Waals surface area (Å²) in [5, 5.41) is 21.1. The molecule has 138 valence electrons. The van der Waals surface area contributed by atoms with Crippen LogP contribution in [0.5, 0.6) is 0 Å². The largest absolute Gasteiger partial charge is 0.252 e. The minimum absolute atomic E-state index is 0.160. The normalized spacial score (nSPS) is 18.2. The molecule has 1 unspecified atom stereocenters. The molecule has 0 radical (unpaired) electrons. The lowest BCUT2D eigenvalue weighted by Crippen LogP contribution is -2.31. The zero-order valence-electron chi connectivity index (χ0n) is 15.5. The molecule has 2 aliphatic rings. The lowest BCUT2D eigenvalue weighted by molar-refractivity contribution is 0.584.